The maximum atomic E-state index is 12.7. The average molecular weight is 428 g/mol. The molecule has 0 aromatic heterocycles. The Labute approximate surface area is 181 Å². The van der Waals surface area contributed by atoms with Crippen molar-refractivity contribution >= 4 is 40.3 Å². The molecule has 2 aromatic carbocycles. The van der Waals surface area contributed by atoms with Gasteiger partial charge in [-0.15, -0.1) is 11.8 Å². The first-order chi connectivity index (χ1) is 14.5. The van der Waals surface area contributed by atoms with Gasteiger partial charge in [-0.1, -0.05) is 64.0 Å². The molecule has 0 fully saturated rings. The van der Waals surface area contributed by atoms with Crippen LogP contribution in [0.3, 0.4) is 0 Å². The number of benzene rings is 2. The molecule has 1 aliphatic heterocycles. The highest BCUT2D eigenvalue weighted by Gasteiger charge is 2.34. The Hall–Kier alpha value is -2.34. The Kier molecular flexibility index (Phi) is 7.91. The molecule has 5 nitrogen and oxygen atoms in total. The summed E-state index contributed by atoms with van der Waals surface area (Å²) in [5.74, 6) is -1.28. The number of carbonyl (C=O) groups excluding carboxylic acids is 2. The molecule has 0 saturated heterocycles. The van der Waals surface area contributed by atoms with E-state index in [9.17, 15) is 14.4 Å². The van der Waals surface area contributed by atoms with Crippen molar-refractivity contribution in [2.45, 2.75) is 63.2 Å². The molecule has 0 spiro atoms. The van der Waals surface area contributed by atoms with E-state index in [2.05, 4.69) is 6.92 Å². The monoisotopic (exact) mass is 427 g/mol. The van der Waals surface area contributed by atoms with Gasteiger partial charge < -0.3 is 5.11 Å². The summed E-state index contributed by atoms with van der Waals surface area (Å²) in [6.07, 6.45) is 10.2. The zero-order valence-corrected chi connectivity index (χ0v) is 18.3. The van der Waals surface area contributed by atoms with E-state index in [-0.39, 0.29) is 0 Å². The fraction of sp³-hybridized carbons (Fsp3) is 0.458. The topological polar surface area (TPSA) is 74.7 Å². The molecule has 0 unspecified atom stereocenters. The van der Waals surface area contributed by atoms with E-state index < -0.39 is 24.3 Å². The van der Waals surface area contributed by atoms with Gasteiger partial charge in [0.05, 0.1) is 0 Å². The van der Waals surface area contributed by atoms with Gasteiger partial charge in [0.25, 0.3) is 11.8 Å². The molecule has 2 aromatic rings. The second-order valence-corrected chi connectivity index (χ2v) is 8.89. The van der Waals surface area contributed by atoms with Crippen LogP contribution < -0.4 is 0 Å². The van der Waals surface area contributed by atoms with E-state index in [0.717, 1.165) is 27.4 Å². The van der Waals surface area contributed by atoms with Crippen LogP contribution in [0.2, 0.25) is 0 Å². The molecule has 3 rings (SSSR count). The van der Waals surface area contributed by atoms with Crippen LogP contribution in [0.5, 0.6) is 0 Å². The average Bonchev–Trinajstić information content (AvgIpc) is 2.74. The quantitative estimate of drug-likeness (QED) is 0.265. The Morgan fingerprint density at radius 2 is 1.53 bits per heavy atom. The third kappa shape index (κ3) is 5.04. The number of amides is 2. The van der Waals surface area contributed by atoms with Gasteiger partial charge in [0.15, 0.2) is 0 Å². The highest BCUT2D eigenvalue weighted by atomic mass is 32.2. The van der Waals surface area contributed by atoms with Gasteiger partial charge in [-0.25, -0.2) is 0 Å². The molecule has 1 aliphatic rings. The van der Waals surface area contributed by atoms with Crippen molar-refractivity contribution in [2.75, 3.05) is 12.3 Å². The minimum atomic E-state index is -1.20. The van der Waals surface area contributed by atoms with Crippen LogP contribution in [-0.4, -0.2) is 40.1 Å². The van der Waals surface area contributed by atoms with Crippen LogP contribution >= 0.6 is 11.8 Å². The van der Waals surface area contributed by atoms with Crippen molar-refractivity contribution in [3.05, 3.63) is 41.5 Å². The SMILES string of the molecule is CCCCCCCCCCSc1ccc2c3c(cccc13)C(=O)N(CC(=O)O)C2=O. The van der Waals surface area contributed by atoms with Crippen LogP contribution in [0, 0.1) is 0 Å². The van der Waals surface area contributed by atoms with Gasteiger partial charge in [-0.2, -0.15) is 0 Å². The van der Waals surface area contributed by atoms with E-state index in [0.29, 0.717) is 16.5 Å². The number of carbonyl (C=O) groups is 3. The lowest BCUT2D eigenvalue weighted by atomic mass is 9.94. The highest BCUT2D eigenvalue weighted by molar-refractivity contribution is 7.99. The molecule has 0 radical (unpaired) electrons. The summed E-state index contributed by atoms with van der Waals surface area (Å²) in [7, 11) is 0. The van der Waals surface area contributed by atoms with Crippen molar-refractivity contribution in [1.29, 1.82) is 0 Å². The molecular formula is C24H29NO4S. The smallest absolute Gasteiger partial charge is 0.323 e. The molecule has 6 heteroatoms. The number of hydrogen-bond acceptors (Lipinski definition) is 4. The summed E-state index contributed by atoms with van der Waals surface area (Å²) in [5, 5.41) is 10.6. The molecular weight excluding hydrogens is 398 g/mol. The fourth-order valence-electron chi connectivity index (χ4n) is 3.94. The predicted octanol–water partition coefficient (Wildman–Crippen LogP) is 5.75. The number of nitrogens with zero attached hydrogens (tertiary/aromatic N) is 1. The fourth-order valence-corrected chi connectivity index (χ4v) is 5.00. The van der Waals surface area contributed by atoms with Crippen LogP contribution in [0.25, 0.3) is 10.8 Å². The maximum absolute atomic E-state index is 12.7. The van der Waals surface area contributed by atoms with E-state index >= 15 is 0 Å². The molecule has 2 amide bonds. The van der Waals surface area contributed by atoms with E-state index in [1.807, 2.05) is 12.1 Å². The summed E-state index contributed by atoms with van der Waals surface area (Å²) >= 11 is 1.76. The molecule has 1 heterocycles. The van der Waals surface area contributed by atoms with Gasteiger partial charge in [-0.05, 0) is 35.8 Å². The molecule has 30 heavy (non-hydrogen) atoms. The maximum Gasteiger partial charge on any atom is 0.323 e. The third-order valence-corrected chi connectivity index (χ3v) is 6.66. The zero-order chi connectivity index (χ0) is 21.5. The Bertz CT molecular complexity index is 918. The summed E-state index contributed by atoms with van der Waals surface area (Å²) < 4.78 is 0. The summed E-state index contributed by atoms with van der Waals surface area (Å²) in [4.78, 5) is 38.4. The lowest BCUT2D eigenvalue weighted by Crippen LogP contribution is -2.43. The van der Waals surface area contributed by atoms with Crippen molar-refractivity contribution < 1.29 is 19.5 Å². The Morgan fingerprint density at radius 1 is 0.900 bits per heavy atom. The number of imide groups is 1. The minimum absolute atomic E-state index is 0.401. The standard InChI is InChI=1S/C24H29NO4S/c1-2-3-4-5-6-7-8-9-15-30-20-14-13-19-22-17(20)11-10-12-18(22)23(28)25(24(19)29)16-21(26)27/h10-14H,2-9,15-16H2,1H3,(H,26,27). The lowest BCUT2D eigenvalue weighted by molar-refractivity contribution is -0.137. The van der Waals surface area contributed by atoms with Gasteiger partial charge in [-0.3, -0.25) is 19.3 Å². The van der Waals surface area contributed by atoms with E-state index in [1.54, 1.807) is 30.0 Å². The zero-order valence-electron chi connectivity index (χ0n) is 17.5. The summed E-state index contributed by atoms with van der Waals surface area (Å²) in [5.41, 5.74) is 0.802. The van der Waals surface area contributed by atoms with Gasteiger partial charge in [0, 0.05) is 21.4 Å². The molecule has 0 bridgehead atoms. The van der Waals surface area contributed by atoms with Crippen LogP contribution in [0.4, 0.5) is 0 Å². The number of rotatable bonds is 12. The van der Waals surface area contributed by atoms with Gasteiger partial charge in [0.1, 0.15) is 6.54 Å². The van der Waals surface area contributed by atoms with Crippen molar-refractivity contribution in [2.24, 2.45) is 0 Å². The normalized spacial score (nSPS) is 13.3. The van der Waals surface area contributed by atoms with Crippen molar-refractivity contribution in [3.8, 4) is 0 Å². The minimum Gasteiger partial charge on any atom is -0.480 e. The first-order valence-electron chi connectivity index (χ1n) is 10.8. The van der Waals surface area contributed by atoms with Crippen LogP contribution in [-0.2, 0) is 4.79 Å². The summed E-state index contributed by atoms with van der Waals surface area (Å²) in [6, 6.07) is 9.05. The number of aliphatic carboxylic acids is 1. The van der Waals surface area contributed by atoms with Crippen LogP contribution in [0.15, 0.2) is 35.2 Å². The van der Waals surface area contributed by atoms with Crippen molar-refractivity contribution in [3.63, 3.8) is 0 Å². The third-order valence-electron chi connectivity index (χ3n) is 5.50. The first-order valence-corrected chi connectivity index (χ1v) is 11.8. The Morgan fingerprint density at radius 3 is 2.20 bits per heavy atom. The number of thioether (sulfide) groups is 1. The Balaban J connectivity index is 1.66. The predicted molar refractivity (Wildman–Crippen MR) is 120 cm³/mol. The largest absolute Gasteiger partial charge is 0.480 e. The number of carboxylic acid groups (broad SMARTS) is 1. The summed E-state index contributed by atoms with van der Waals surface area (Å²) in [6.45, 7) is 1.61. The van der Waals surface area contributed by atoms with E-state index in [4.69, 9.17) is 5.11 Å². The van der Waals surface area contributed by atoms with E-state index in [1.165, 1.54) is 44.9 Å². The number of unbranched alkanes of at least 4 members (excludes halogenated alkanes) is 7. The molecule has 0 saturated carbocycles. The van der Waals surface area contributed by atoms with Crippen LogP contribution in [0.1, 0.15) is 79.0 Å². The van der Waals surface area contributed by atoms with Gasteiger partial charge >= 0.3 is 5.97 Å². The lowest BCUT2D eigenvalue weighted by Gasteiger charge is -2.26. The second kappa shape index (κ2) is 10.6. The highest BCUT2D eigenvalue weighted by Crippen LogP contribution is 2.36. The second-order valence-electron chi connectivity index (χ2n) is 7.75. The van der Waals surface area contributed by atoms with Crippen molar-refractivity contribution in [1.82, 2.24) is 4.90 Å². The first kappa shape index (κ1) is 22.3. The number of carboxylic acids is 1. The number of hydrogen-bond donors (Lipinski definition) is 1. The van der Waals surface area contributed by atoms with Gasteiger partial charge in [0.2, 0.25) is 0 Å². The molecule has 1 N–H and O–H groups in total. The molecule has 0 aliphatic carbocycles. The molecule has 0 atom stereocenters. The molecule has 160 valence electrons.